The summed E-state index contributed by atoms with van der Waals surface area (Å²) in [5.41, 5.74) is 1.31. The Morgan fingerprint density at radius 3 is 2.60 bits per heavy atom. The summed E-state index contributed by atoms with van der Waals surface area (Å²) in [4.78, 5) is 0. The average molecular weight is 240 g/mol. The molecule has 0 heterocycles. The normalized spacial score (nSPS) is 12.1. The zero-order valence-electron chi connectivity index (χ0n) is 9.10. The molecule has 0 aromatic heterocycles. The van der Waals surface area contributed by atoms with Crippen molar-refractivity contribution in [2.75, 3.05) is 6.61 Å². The fraction of sp³-hybridized carbons (Fsp3) is 0.333. The summed E-state index contributed by atoms with van der Waals surface area (Å²) in [6, 6.07) is 10.4. The molecule has 0 bridgehead atoms. The molecular weight excluding hydrogens is 224 g/mol. The highest BCUT2D eigenvalue weighted by Crippen LogP contribution is 2.29. The number of benzene rings is 1. The molecule has 0 spiro atoms. The Hall–Kier alpha value is -0.510. The molecule has 1 aromatic carbocycles. The lowest BCUT2D eigenvalue weighted by Crippen LogP contribution is -1.99. The van der Waals surface area contributed by atoms with Gasteiger partial charge in [-0.15, -0.1) is 10.9 Å². The third kappa shape index (κ3) is 4.24. The molecule has 15 heavy (non-hydrogen) atoms. The van der Waals surface area contributed by atoms with Crippen LogP contribution in [0.3, 0.4) is 0 Å². The predicted molar refractivity (Wildman–Crippen MR) is 73.8 cm³/mol. The number of hydrogen-bond acceptors (Lipinski definition) is 2. The van der Waals surface area contributed by atoms with E-state index < -0.39 is 0 Å². The van der Waals surface area contributed by atoms with Gasteiger partial charge in [-0.05, 0) is 25.3 Å². The van der Waals surface area contributed by atoms with Gasteiger partial charge in [0.05, 0.1) is 6.61 Å². The summed E-state index contributed by atoms with van der Waals surface area (Å²) in [7, 11) is 1.42. The van der Waals surface area contributed by atoms with Crippen LogP contribution in [0, 0.1) is 0 Å². The first-order valence-electron chi connectivity index (χ1n) is 4.91. The number of thioether (sulfide) groups is 1. The summed E-state index contributed by atoms with van der Waals surface area (Å²) >= 11 is 1.72. The second kappa shape index (κ2) is 6.88. The molecule has 1 nitrogen and oxygen atoms in total. The minimum atomic E-state index is 0.405. The molecule has 1 atom stereocenters. The lowest BCUT2D eigenvalue weighted by atomic mass is 10.2. The minimum absolute atomic E-state index is 0.405. The van der Waals surface area contributed by atoms with Crippen molar-refractivity contribution in [2.45, 2.75) is 19.1 Å². The maximum absolute atomic E-state index is 5.46. The third-order valence-electron chi connectivity index (χ3n) is 1.92. The highest BCUT2D eigenvalue weighted by Gasteiger charge is 2.08. The minimum Gasteiger partial charge on any atom is -0.331 e. The SMILES string of the molecule is C=S=C(OCC)SC(C)c1ccccc1. The molecule has 3 heteroatoms. The van der Waals surface area contributed by atoms with E-state index in [1.165, 1.54) is 16.5 Å². The zero-order valence-corrected chi connectivity index (χ0v) is 10.7. The summed E-state index contributed by atoms with van der Waals surface area (Å²) in [6.07, 6.45) is 0. The van der Waals surface area contributed by atoms with E-state index in [0.717, 1.165) is 4.38 Å². The Morgan fingerprint density at radius 1 is 1.40 bits per heavy atom. The molecule has 0 saturated carbocycles. The van der Waals surface area contributed by atoms with Crippen molar-refractivity contribution in [1.82, 2.24) is 0 Å². The third-order valence-corrected chi connectivity index (χ3v) is 3.85. The lowest BCUT2D eigenvalue weighted by molar-refractivity contribution is 0.346. The zero-order chi connectivity index (χ0) is 11.1. The Labute approximate surface area is 99.4 Å². The van der Waals surface area contributed by atoms with Crippen molar-refractivity contribution < 1.29 is 4.74 Å². The predicted octanol–water partition coefficient (Wildman–Crippen LogP) is 3.77. The van der Waals surface area contributed by atoms with Gasteiger partial charge in [0.25, 0.3) is 0 Å². The molecule has 0 fully saturated rings. The first-order valence-corrected chi connectivity index (χ1v) is 6.77. The van der Waals surface area contributed by atoms with Crippen molar-refractivity contribution >= 4 is 33.0 Å². The van der Waals surface area contributed by atoms with Crippen molar-refractivity contribution in [1.29, 1.82) is 0 Å². The van der Waals surface area contributed by atoms with Gasteiger partial charge in [0.1, 0.15) is 0 Å². The van der Waals surface area contributed by atoms with E-state index in [-0.39, 0.29) is 0 Å². The summed E-state index contributed by atoms with van der Waals surface area (Å²) < 4.78 is 6.40. The molecule has 0 saturated heterocycles. The van der Waals surface area contributed by atoms with Crippen LogP contribution in [0.15, 0.2) is 30.3 Å². The molecule has 0 aliphatic heterocycles. The fourth-order valence-corrected chi connectivity index (χ4v) is 2.84. The molecule has 82 valence electrons. The van der Waals surface area contributed by atoms with Crippen LogP contribution in [-0.4, -0.2) is 16.9 Å². The van der Waals surface area contributed by atoms with E-state index in [0.29, 0.717) is 11.9 Å². The van der Waals surface area contributed by atoms with Gasteiger partial charge in [-0.3, -0.25) is 0 Å². The summed E-state index contributed by atoms with van der Waals surface area (Å²) in [5.74, 6) is 3.79. The van der Waals surface area contributed by atoms with E-state index >= 15 is 0 Å². The molecule has 0 aliphatic carbocycles. The number of ether oxygens (including phenoxy) is 1. The molecule has 0 radical (unpaired) electrons. The van der Waals surface area contributed by atoms with Gasteiger partial charge in [-0.2, -0.15) is 0 Å². The van der Waals surface area contributed by atoms with Gasteiger partial charge < -0.3 is 4.74 Å². The van der Waals surface area contributed by atoms with Crippen LogP contribution in [0.2, 0.25) is 0 Å². The highest BCUT2D eigenvalue weighted by atomic mass is 32.2. The topological polar surface area (TPSA) is 9.23 Å². The Morgan fingerprint density at radius 2 is 2.07 bits per heavy atom. The second-order valence-electron chi connectivity index (χ2n) is 3.00. The van der Waals surface area contributed by atoms with Crippen molar-refractivity contribution in [3.8, 4) is 0 Å². The van der Waals surface area contributed by atoms with Crippen LogP contribution in [0.1, 0.15) is 24.7 Å². The first kappa shape index (κ1) is 12.6. The Bertz CT molecular complexity index is 342. The smallest absolute Gasteiger partial charge is 0.164 e. The van der Waals surface area contributed by atoms with Gasteiger partial charge in [0, 0.05) is 5.25 Å². The maximum atomic E-state index is 5.46. The lowest BCUT2D eigenvalue weighted by Gasteiger charge is -2.11. The standard InChI is InChI=1S/C12H16OS2/c1-4-13-12(14-3)15-10(2)11-8-6-5-7-9-11/h5-10H,3-4H2,1-2H3. The van der Waals surface area contributed by atoms with Crippen LogP contribution in [0.4, 0.5) is 0 Å². The van der Waals surface area contributed by atoms with Gasteiger partial charge in [-0.25, -0.2) is 0 Å². The van der Waals surface area contributed by atoms with Crippen LogP contribution in [-0.2, 0) is 4.74 Å². The summed E-state index contributed by atoms with van der Waals surface area (Å²) in [5, 5.41) is 0.405. The fourth-order valence-electron chi connectivity index (χ4n) is 1.16. The van der Waals surface area contributed by atoms with Crippen LogP contribution in [0.25, 0.3) is 0 Å². The molecule has 1 rings (SSSR count). The van der Waals surface area contributed by atoms with Crippen LogP contribution >= 0.6 is 22.7 Å². The average Bonchev–Trinajstić information content (AvgIpc) is 2.29. The van der Waals surface area contributed by atoms with Gasteiger partial charge in [-0.1, -0.05) is 42.1 Å². The van der Waals surface area contributed by atoms with E-state index in [2.05, 4.69) is 37.1 Å². The monoisotopic (exact) mass is 240 g/mol. The molecular formula is C12H16OS2. The second-order valence-corrected chi connectivity index (χ2v) is 5.23. The number of rotatable bonds is 3. The maximum Gasteiger partial charge on any atom is 0.164 e. The molecule has 0 amide bonds. The molecule has 1 unspecified atom stereocenters. The quantitative estimate of drug-likeness (QED) is 0.744. The van der Waals surface area contributed by atoms with E-state index in [4.69, 9.17) is 4.74 Å². The van der Waals surface area contributed by atoms with Gasteiger partial charge in [0.2, 0.25) is 0 Å². The molecule has 0 N–H and O–H groups in total. The van der Waals surface area contributed by atoms with E-state index in [9.17, 15) is 0 Å². The van der Waals surface area contributed by atoms with E-state index in [1.54, 1.807) is 11.8 Å². The Kier molecular flexibility index (Phi) is 5.76. The molecule has 1 aromatic rings. The van der Waals surface area contributed by atoms with E-state index in [1.807, 2.05) is 13.0 Å². The van der Waals surface area contributed by atoms with Crippen LogP contribution in [0.5, 0.6) is 0 Å². The first-order chi connectivity index (χ1) is 7.27. The van der Waals surface area contributed by atoms with Gasteiger partial charge in [0.15, 0.2) is 4.38 Å². The van der Waals surface area contributed by atoms with Crippen molar-refractivity contribution in [2.24, 2.45) is 0 Å². The largest absolute Gasteiger partial charge is 0.331 e. The summed E-state index contributed by atoms with van der Waals surface area (Å²) in [6.45, 7) is 4.87. The van der Waals surface area contributed by atoms with Crippen molar-refractivity contribution in [3.05, 3.63) is 35.9 Å². The van der Waals surface area contributed by atoms with Crippen LogP contribution < -0.4 is 0 Å². The van der Waals surface area contributed by atoms with Gasteiger partial charge >= 0.3 is 0 Å². The number of hydrogen-bond donors (Lipinski definition) is 0. The highest BCUT2D eigenvalue weighted by molar-refractivity contribution is 8.25. The molecule has 0 aliphatic rings. The van der Waals surface area contributed by atoms with Crippen molar-refractivity contribution in [3.63, 3.8) is 0 Å². The Balaban J connectivity index is 2.63.